The number of nitrogens with zero attached hydrogens (tertiary/aromatic N) is 2. The Balaban J connectivity index is 1.40. The maximum absolute atomic E-state index is 13.7. The molecule has 2 aliphatic rings. The lowest BCUT2D eigenvalue weighted by Crippen LogP contribution is -2.42. The topological polar surface area (TPSA) is 91.4 Å². The lowest BCUT2D eigenvalue weighted by Gasteiger charge is -2.28. The quantitative estimate of drug-likeness (QED) is 0.247. The van der Waals surface area contributed by atoms with Gasteiger partial charge in [-0.2, -0.15) is 0 Å². The molecule has 2 amide bonds. The fourth-order valence-corrected chi connectivity index (χ4v) is 7.50. The molecule has 0 radical (unpaired) electrons. The molecule has 1 aliphatic heterocycles. The minimum absolute atomic E-state index is 0.0743. The van der Waals surface area contributed by atoms with E-state index in [1.165, 1.54) is 56.9 Å². The number of nitrogens with one attached hydrogen (secondary N) is 2. The Morgan fingerprint density at radius 2 is 1.86 bits per heavy atom. The SMILES string of the molecule is CCc1ccc2nc(C[C@H](CC(=O)NC)C(=O)N[C@H](CCC(=O)/C=C/CN3CCCCC3)CC3CCCCC3)sc2c1. The van der Waals surface area contributed by atoms with Crippen LogP contribution in [0.3, 0.4) is 0 Å². The Morgan fingerprint density at radius 1 is 1.10 bits per heavy atom. The number of thiazole rings is 1. The number of hydrogen-bond acceptors (Lipinski definition) is 6. The molecule has 2 aromatic rings. The summed E-state index contributed by atoms with van der Waals surface area (Å²) in [5.74, 6) is -0.0746. The number of likely N-dealkylation sites (tertiary alicyclic amines) is 1. The zero-order valence-electron chi connectivity index (χ0n) is 25.7. The van der Waals surface area contributed by atoms with Gasteiger partial charge in [0.25, 0.3) is 0 Å². The van der Waals surface area contributed by atoms with Gasteiger partial charge in [-0.1, -0.05) is 57.6 Å². The van der Waals surface area contributed by atoms with Gasteiger partial charge in [-0.05, 0) is 74.9 Å². The minimum Gasteiger partial charge on any atom is -0.359 e. The number of benzene rings is 1. The van der Waals surface area contributed by atoms with Crippen molar-refractivity contribution in [1.82, 2.24) is 20.5 Å². The lowest BCUT2D eigenvalue weighted by molar-refractivity contribution is -0.130. The highest BCUT2D eigenvalue weighted by Gasteiger charge is 2.27. The summed E-state index contributed by atoms with van der Waals surface area (Å²) < 4.78 is 1.12. The van der Waals surface area contributed by atoms with Gasteiger partial charge in [-0.15, -0.1) is 11.3 Å². The second-order valence-corrected chi connectivity index (χ2v) is 13.4. The number of carbonyl (C=O) groups excluding carboxylic acids is 3. The summed E-state index contributed by atoms with van der Waals surface area (Å²) in [6.45, 7) is 5.20. The summed E-state index contributed by atoms with van der Waals surface area (Å²) >= 11 is 1.61. The first-order chi connectivity index (χ1) is 20.4. The van der Waals surface area contributed by atoms with E-state index in [2.05, 4.69) is 34.6 Å². The number of ketones is 1. The minimum atomic E-state index is -0.509. The van der Waals surface area contributed by atoms with Crippen molar-refractivity contribution in [3.63, 3.8) is 0 Å². The van der Waals surface area contributed by atoms with Crippen LogP contribution in [-0.4, -0.2) is 60.2 Å². The molecule has 2 N–H and O–H groups in total. The van der Waals surface area contributed by atoms with Crippen molar-refractivity contribution in [2.45, 2.75) is 103 Å². The van der Waals surface area contributed by atoms with Crippen molar-refractivity contribution in [2.24, 2.45) is 11.8 Å². The Kier molecular flexibility index (Phi) is 13.0. The first-order valence-corrected chi connectivity index (χ1v) is 17.1. The first-order valence-electron chi connectivity index (χ1n) is 16.2. The fourth-order valence-electron chi connectivity index (χ4n) is 6.39. The highest BCUT2D eigenvalue weighted by molar-refractivity contribution is 7.18. The van der Waals surface area contributed by atoms with Gasteiger partial charge in [0.05, 0.1) is 21.1 Å². The van der Waals surface area contributed by atoms with Crippen LogP contribution in [0.5, 0.6) is 0 Å². The van der Waals surface area contributed by atoms with E-state index in [1.807, 2.05) is 12.1 Å². The number of allylic oxidation sites excluding steroid dienone is 1. The van der Waals surface area contributed by atoms with Crippen molar-refractivity contribution < 1.29 is 14.4 Å². The van der Waals surface area contributed by atoms with Gasteiger partial charge in [-0.3, -0.25) is 19.3 Å². The Morgan fingerprint density at radius 3 is 2.60 bits per heavy atom. The molecular weight excluding hydrogens is 544 g/mol. The molecule has 1 aromatic heterocycles. The predicted octanol–water partition coefficient (Wildman–Crippen LogP) is 6.00. The molecule has 7 nitrogen and oxygen atoms in total. The number of aromatic nitrogens is 1. The van der Waals surface area contributed by atoms with Crippen LogP contribution in [0.4, 0.5) is 0 Å². The van der Waals surface area contributed by atoms with Crippen LogP contribution in [-0.2, 0) is 27.2 Å². The van der Waals surface area contributed by atoms with E-state index in [4.69, 9.17) is 4.98 Å². The molecule has 2 heterocycles. The molecule has 1 saturated carbocycles. The van der Waals surface area contributed by atoms with Crippen LogP contribution in [0.1, 0.15) is 94.5 Å². The summed E-state index contributed by atoms with van der Waals surface area (Å²) in [4.78, 5) is 46.2. The molecule has 1 aromatic carbocycles. The predicted molar refractivity (Wildman–Crippen MR) is 172 cm³/mol. The largest absolute Gasteiger partial charge is 0.359 e. The molecule has 230 valence electrons. The third-order valence-corrected chi connectivity index (χ3v) is 9.99. The number of fused-ring (bicyclic) bond motifs is 1. The molecule has 0 spiro atoms. The van der Waals surface area contributed by atoms with Crippen LogP contribution < -0.4 is 10.6 Å². The van der Waals surface area contributed by atoms with E-state index in [1.54, 1.807) is 24.5 Å². The summed E-state index contributed by atoms with van der Waals surface area (Å²) in [7, 11) is 1.61. The van der Waals surface area contributed by atoms with Crippen LogP contribution in [0.2, 0.25) is 0 Å². The summed E-state index contributed by atoms with van der Waals surface area (Å²) in [5, 5.41) is 6.87. The van der Waals surface area contributed by atoms with E-state index < -0.39 is 5.92 Å². The molecule has 42 heavy (non-hydrogen) atoms. The zero-order valence-corrected chi connectivity index (χ0v) is 26.5. The van der Waals surface area contributed by atoms with Crippen molar-refractivity contribution in [3.05, 3.63) is 40.9 Å². The number of rotatable bonds is 15. The smallest absolute Gasteiger partial charge is 0.224 e. The molecule has 1 aliphatic carbocycles. The number of hydrogen-bond donors (Lipinski definition) is 2. The fraction of sp³-hybridized carbons (Fsp3) is 0.647. The second-order valence-electron chi connectivity index (χ2n) is 12.3. The standard InChI is InChI=1S/C34H50N4O3S/c1-3-25-14-17-30-31(22-25)42-33(37-30)24-27(23-32(40)35-2)34(41)36-28(21-26-11-6-4-7-12-26)15-16-29(39)13-10-20-38-18-8-5-9-19-38/h10,13-14,17,22,26-28H,3-9,11-12,15-16,18-21,23-24H2,1-2H3,(H,35,40)(H,36,41)/b13-10+/t27-,28+/m0/s1. The van der Waals surface area contributed by atoms with Crippen molar-refractivity contribution >= 4 is 39.2 Å². The third-order valence-electron chi connectivity index (χ3n) is 8.95. The maximum atomic E-state index is 13.7. The number of piperidine rings is 1. The van der Waals surface area contributed by atoms with Gasteiger partial charge in [-0.25, -0.2) is 4.98 Å². The second kappa shape index (κ2) is 16.9. The van der Waals surface area contributed by atoms with Gasteiger partial charge in [0.2, 0.25) is 11.8 Å². The summed E-state index contributed by atoms with van der Waals surface area (Å²) in [6.07, 6.45) is 17.1. The molecule has 2 atom stereocenters. The van der Waals surface area contributed by atoms with Gasteiger partial charge in [0.15, 0.2) is 5.78 Å². The Labute approximate surface area is 255 Å². The van der Waals surface area contributed by atoms with Crippen molar-refractivity contribution in [2.75, 3.05) is 26.7 Å². The summed E-state index contributed by atoms with van der Waals surface area (Å²) in [5.41, 5.74) is 2.20. The highest BCUT2D eigenvalue weighted by atomic mass is 32.1. The lowest BCUT2D eigenvalue weighted by atomic mass is 9.83. The van der Waals surface area contributed by atoms with Crippen LogP contribution in [0.15, 0.2) is 30.4 Å². The first kappa shape index (κ1) is 32.3. The van der Waals surface area contributed by atoms with Crippen LogP contribution in [0.25, 0.3) is 10.2 Å². The molecule has 8 heteroatoms. The Hall–Kier alpha value is -2.58. The molecule has 1 saturated heterocycles. The number of amides is 2. The van der Waals surface area contributed by atoms with E-state index in [-0.39, 0.29) is 30.1 Å². The monoisotopic (exact) mass is 594 g/mol. The van der Waals surface area contributed by atoms with Gasteiger partial charge < -0.3 is 10.6 Å². The normalized spacial score (nSPS) is 18.2. The molecule has 0 bridgehead atoms. The number of aryl methyl sites for hydroxylation is 1. The van der Waals surface area contributed by atoms with E-state index >= 15 is 0 Å². The Bertz CT molecular complexity index is 1200. The average molecular weight is 595 g/mol. The van der Waals surface area contributed by atoms with Gasteiger partial charge in [0, 0.05) is 38.9 Å². The molecule has 2 fully saturated rings. The number of carbonyl (C=O) groups is 3. The van der Waals surface area contributed by atoms with Crippen molar-refractivity contribution in [3.8, 4) is 0 Å². The average Bonchev–Trinajstić information content (AvgIpc) is 3.42. The molecular formula is C34H50N4O3S. The van der Waals surface area contributed by atoms with E-state index in [0.717, 1.165) is 47.7 Å². The third kappa shape index (κ3) is 10.3. The summed E-state index contributed by atoms with van der Waals surface area (Å²) in [6, 6.07) is 6.23. The maximum Gasteiger partial charge on any atom is 0.224 e. The van der Waals surface area contributed by atoms with Gasteiger partial charge >= 0.3 is 0 Å². The van der Waals surface area contributed by atoms with E-state index in [0.29, 0.717) is 25.2 Å². The molecule has 4 rings (SSSR count). The van der Waals surface area contributed by atoms with Crippen LogP contribution >= 0.6 is 11.3 Å². The van der Waals surface area contributed by atoms with Crippen LogP contribution in [0, 0.1) is 11.8 Å². The highest BCUT2D eigenvalue weighted by Crippen LogP contribution is 2.29. The zero-order chi connectivity index (χ0) is 29.7. The van der Waals surface area contributed by atoms with Crippen molar-refractivity contribution in [1.29, 1.82) is 0 Å². The molecule has 0 unspecified atom stereocenters. The van der Waals surface area contributed by atoms with E-state index in [9.17, 15) is 14.4 Å². The van der Waals surface area contributed by atoms with Gasteiger partial charge in [0.1, 0.15) is 0 Å².